The van der Waals surface area contributed by atoms with E-state index in [1.165, 1.54) is 37.8 Å². The summed E-state index contributed by atoms with van der Waals surface area (Å²) in [6.07, 6.45) is 8.99. The van der Waals surface area contributed by atoms with Crippen LogP contribution in [0.4, 0.5) is 4.39 Å². The van der Waals surface area contributed by atoms with Crippen LogP contribution in [0.25, 0.3) is 0 Å². The minimum Gasteiger partial charge on any atom is -0.348 e. The van der Waals surface area contributed by atoms with Crippen LogP contribution in [0, 0.1) is 18.7 Å². The van der Waals surface area contributed by atoms with Gasteiger partial charge in [-0.1, -0.05) is 25.0 Å². The molecule has 32 heavy (non-hydrogen) atoms. The molecule has 0 unspecified atom stereocenters. The standard InChI is InChI=1S/C25H31FN4O2/c1-17-22(25(32)28-14-19-8-10-21(26)11-9-19)15-27-24(29-17)20-7-4-12-30(16-20)23(31)13-18-5-2-3-6-18/h8-11,15,18,20H,2-7,12-14,16H2,1H3,(H,28,32)/t20-/m0/s1. The monoisotopic (exact) mass is 438 g/mol. The van der Waals surface area contributed by atoms with Gasteiger partial charge in [0.2, 0.25) is 5.91 Å². The smallest absolute Gasteiger partial charge is 0.254 e. The molecule has 1 aromatic carbocycles. The second-order valence-corrected chi connectivity index (χ2v) is 9.07. The normalized spacial score (nSPS) is 19.2. The zero-order chi connectivity index (χ0) is 22.5. The summed E-state index contributed by atoms with van der Waals surface area (Å²) in [4.78, 5) is 36.4. The topological polar surface area (TPSA) is 75.2 Å². The van der Waals surface area contributed by atoms with Crippen LogP contribution in [0.2, 0.25) is 0 Å². The van der Waals surface area contributed by atoms with Crippen LogP contribution < -0.4 is 5.32 Å². The first-order valence-corrected chi connectivity index (χ1v) is 11.6. The fourth-order valence-corrected chi connectivity index (χ4v) is 4.79. The third-order valence-electron chi connectivity index (χ3n) is 6.69. The summed E-state index contributed by atoms with van der Waals surface area (Å²) in [5.41, 5.74) is 1.88. The number of halogens is 1. The van der Waals surface area contributed by atoms with E-state index in [-0.39, 0.29) is 23.5 Å². The molecule has 1 aliphatic carbocycles. The molecule has 1 aliphatic heterocycles. The number of likely N-dealkylation sites (tertiary alicyclic amines) is 1. The van der Waals surface area contributed by atoms with Crippen molar-refractivity contribution in [2.75, 3.05) is 13.1 Å². The van der Waals surface area contributed by atoms with Crippen molar-refractivity contribution in [2.24, 2.45) is 5.92 Å². The first-order chi connectivity index (χ1) is 15.5. The average Bonchev–Trinajstić information content (AvgIpc) is 3.31. The number of benzene rings is 1. The highest BCUT2D eigenvalue weighted by atomic mass is 19.1. The molecule has 4 rings (SSSR count). The summed E-state index contributed by atoms with van der Waals surface area (Å²) in [6.45, 7) is 3.58. The van der Waals surface area contributed by atoms with Crippen molar-refractivity contribution >= 4 is 11.8 Å². The molecule has 1 saturated carbocycles. The summed E-state index contributed by atoms with van der Waals surface area (Å²) in [5, 5.41) is 2.84. The van der Waals surface area contributed by atoms with Crippen molar-refractivity contribution in [3.05, 3.63) is 58.9 Å². The third-order valence-corrected chi connectivity index (χ3v) is 6.69. The molecule has 1 aromatic heterocycles. The summed E-state index contributed by atoms with van der Waals surface area (Å²) in [7, 11) is 0. The molecule has 0 radical (unpaired) electrons. The van der Waals surface area contributed by atoms with Crippen LogP contribution in [0.1, 0.15) is 78.3 Å². The predicted octanol–water partition coefficient (Wildman–Crippen LogP) is 4.14. The Hall–Kier alpha value is -2.83. The van der Waals surface area contributed by atoms with Crippen molar-refractivity contribution in [1.82, 2.24) is 20.2 Å². The Bertz CT molecular complexity index is 957. The van der Waals surface area contributed by atoms with E-state index >= 15 is 0 Å². The fourth-order valence-electron chi connectivity index (χ4n) is 4.79. The Morgan fingerprint density at radius 2 is 1.88 bits per heavy atom. The zero-order valence-electron chi connectivity index (χ0n) is 18.6. The van der Waals surface area contributed by atoms with E-state index < -0.39 is 0 Å². The highest BCUT2D eigenvalue weighted by molar-refractivity contribution is 5.94. The van der Waals surface area contributed by atoms with E-state index in [4.69, 9.17) is 0 Å². The number of nitrogens with zero attached hydrogens (tertiary/aromatic N) is 3. The van der Waals surface area contributed by atoms with Gasteiger partial charge >= 0.3 is 0 Å². The molecular formula is C25H31FN4O2. The number of carbonyl (C=O) groups is 2. The molecule has 1 saturated heterocycles. The molecule has 0 spiro atoms. The van der Waals surface area contributed by atoms with Crippen LogP contribution in [0.3, 0.4) is 0 Å². The minimum absolute atomic E-state index is 0.103. The van der Waals surface area contributed by atoms with Crippen molar-refractivity contribution in [1.29, 1.82) is 0 Å². The zero-order valence-corrected chi connectivity index (χ0v) is 18.6. The summed E-state index contributed by atoms with van der Waals surface area (Å²) in [6, 6.07) is 6.03. The molecule has 0 bridgehead atoms. The SMILES string of the molecule is Cc1nc([C@H]2CCCN(C(=O)CC3CCCC3)C2)ncc1C(=O)NCc1ccc(F)cc1. The maximum Gasteiger partial charge on any atom is 0.254 e. The molecule has 2 fully saturated rings. The number of rotatable bonds is 6. The molecule has 7 heteroatoms. The van der Waals surface area contributed by atoms with Gasteiger partial charge in [-0.05, 0) is 56.2 Å². The van der Waals surface area contributed by atoms with Gasteiger partial charge in [-0.15, -0.1) is 0 Å². The molecule has 1 N–H and O–H groups in total. The number of amides is 2. The maximum absolute atomic E-state index is 13.0. The van der Waals surface area contributed by atoms with E-state index in [9.17, 15) is 14.0 Å². The van der Waals surface area contributed by atoms with Crippen molar-refractivity contribution in [3.63, 3.8) is 0 Å². The Labute approximate surface area is 188 Å². The van der Waals surface area contributed by atoms with E-state index in [1.807, 2.05) is 11.8 Å². The van der Waals surface area contributed by atoms with Gasteiger partial charge in [0.1, 0.15) is 11.6 Å². The predicted molar refractivity (Wildman–Crippen MR) is 119 cm³/mol. The minimum atomic E-state index is -0.304. The lowest BCUT2D eigenvalue weighted by atomic mass is 9.95. The quantitative estimate of drug-likeness (QED) is 0.736. The Morgan fingerprint density at radius 1 is 1.12 bits per heavy atom. The van der Waals surface area contributed by atoms with E-state index in [2.05, 4.69) is 15.3 Å². The summed E-state index contributed by atoms with van der Waals surface area (Å²) < 4.78 is 13.0. The highest BCUT2D eigenvalue weighted by Crippen LogP contribution is 2.30. The number of hydrogen-bond acceptors (Lipinski definition) is 4. The van der Waals surface area contributed by atoms with Crippen LogP contribution in [0.15, 0.2) is 30.5 Å². The number of hydrogen-bond donors (Lipinski definition) is 1. The Morgan fingerprint density at radius 3 is 2.59 bits per heavy atom. The van der Waals surface area contributed by atoms with Crippen LogP contribution in [0.5, 0.6) is 0 Å². The lowest BCUT2D eigenvalue weighted by molar-refractivity contribution is -0.133. The Kier molecular flexibility index (Phi) is 7.12. The summed E-state index contributed by atoms with van der Waals surface area (Å²) in [5.74, 6) is 1.06. The van der Waals surface area contributed by atoms with Gasteiger partial charge in [0.15, 0.2) is 0 Å². The van der Waals surface area contributed by atoms with Crippen molar-refractivity contribution < 1.29 is 14.0 Å². The van der Waals surface area contributed by atoms with Gasteiger partial charge in [-0.25, -0.2) is 14.4 Å². The molecule has 2 aliphatic rings. The molecule has 170 valence electrons. The highest BCUT2D eigenvalue weighted by Gasteiger charge is 2.29. The molecule has 2 heterocycles. The maximum atomic E-state index is 13.0. The third kappa shape index (κ3) is 5.50. The van der Waals surface area contributed by atoms with Gasteiger partial charge in [-0.3, -0.25) is 9.59 Å². The van der Waals surface area contributed by atoms with Gasteiger partial charge in [0, 0.05) is 38.2 Å². The lowest BCUT2D eigenvalue weighted by Gasteiger charge is -2.33. The molecule has 2 amide bonds. The number of aromatic nitrogens is 2. The van der Waals surface area contributed by atoms with Crippen LogP contribution in [-0.4, -0.2) is 39.8 Å². The molecule has 6 nitrogen and oxygen atoms in total. The van der Waals surface area contributed by atoms with Gasteiger partial charge in [0.05, 0.1) is 11.3 Å². The fraction of sp³-hybridized carbons (Fsp3) is 0.520. The van der Waals surface area contributed by atoms with E-state index in [1.54, 1.807) is 18.3 Å². The first-order valence-electron chi connectivity index (χ1n) is 11.6. The second kappa shape index (κ2) is 10.2. The number of piperidine rings is 1. The van der Waals surface area contributed by atoms with Gasteiger partial charge < -0.3 is 10.2 Å². The van der Waals surface area contributed by atoms with Gasteiger partial charge in [0.25, 0.3) is 5.91 Å². The van der Waals surface area contributed by atoms with Crippen molar-refractivity contribution in [2.45, 2.75) is 64.3 Å². The van der Waals surface area contributed by atoms with Crippen LogP contribution in [-0.2, 0) is 11.3 Å². The first kappa shape index (κ1) is 22.4. The largest absolute Gasteiger partial charge is 0.348 e. The second-order valence-electron chi connectivity index (χ2n) is 9.07. The van der Waals surface area contributed by atoms with Gasteiger partial charge in [-0.2, -0.15) is 0 Å². The molecular weight excluding hydrogens is 407 g/mol. The Balaban J connectivity index is 1.35. The molecule has 2 aromatic rings. The average molecular weight is 439 g/mol. The van der Waals surface area contributed by atoms with E-state index in [0.717, 1.165) is 24.9 Å². The van der Waals surface area contributed by atoms with E-state index in [0.29, 0.717) is 42.5 Å². The van der Waals surface area contributed by atoms with Crippen LogP contribution >= 0.6 is 0 Å². The van der Waals surface area contributed by atoms with Crippen molar-refractivity contribution in [3.8, 4) is 0 Å². The number of carbonyl (C=O) groups excluding carboxylic acids is 2. The molecule has 1 atom stereocenters. The number of nitrogens with one attached hydrogen (secondary N) is 1. The summed E-state index contributed by atoms with van der Waals surface area (Å²) >= 11 is 0. The number of aryl methyl sites for hydroxylation is 1. The lowest BCUT2D eigenvalue weighted by Crippen LogP contribution is -2.40.